The van der Waals surface area contributed by atoms with Gasteiger partial charge in [0.25, 0.3) is 0 Å². The SMILES string of the molecule is CSc1cc(-c2ccccc2C)cc(SC)c1F. The summed E-state index contributed by atoms with van der Waals surface area (Å²) >= 11 is 2.90. The first-order valence-corrected chi connectivity index (χ1v) is 8.10. The molecule has 0 bridgehead atoms. The second-order valence-corrected chi connectivity index (χ2v) is 5.71. The van der Waals surface area contributed by atoms with Crippen LogP contribution in [0.15, 0.2) is 46.2 Å². The van der Waals surface area contributed by atoms with Crippen LogP contribution in [0, 0.1) is 12.7 Å². The number of hydrogen-bond acceptors (Lipinski definition) is 2. The molecule has 94 valence electrons. The maximum Gasteiger partial charge on any atom is 0.150 e. The molecular weight excluding hydrogens is 263 g/mol. The molecule has 3 heteroatoms. The van der Waals surface area contributed by atoms with E-state index in [-0.39, 0.29) is 5.82 Å². The predicted octanol–water partition coefficient (Wildman–Crippen LogP) is 5.24. The van der Waals surface area contributed by atoms with Crippen LogP contribution in [0.1, 0.15) is 5.56 Å². The van der Waals surface area contributed by atoms with E-state index >= 15 is 0 Å². The first-order valence-electron chi connectivity index (χ1n) is 5.65. The summed E-state index contributed by atoms with van der Waals surface area (Å²) in [6.07, 6.45) is 3.81. The summed E-state index contributed by atoms with van der Waals surface area (Å²) < 4.78 is 14.0. The summed E-state index contributed by atoms with van der Waals surface area (Å²) in [4.78, 5) is 1.42. The fourth-order valence-corrected chi connectivity index (χ4v) is 3.05. The van der Waals surface area contributed by atoms with Gasteiger partial charge in [-0.15, -0.1) is 23.5 Å². The van der Waals surface area contributed by atoms with Crippen LogP contribution >= 0.6 is 23.5 Å². The molecule has 0 heterocycles. The summed E-state index contributed by atoms with van der Waals surface area (Å²) in [5.74, 6) is -0.104. The highest BCUT2D eigenvalue weighted by Gasteiger charge is 2.11. The second kappa shape index (κ2) is 5.81. The van der Waals surface area contributed by atoms with Crippen LogP contribution in [0.4, 0.5) is 4.39 Å². The Bertz CT molecular complexity index is 539. The Morgan fingerprint density at radius 1 is 0.944 bits per heavy atom. The van der Waals surface area contributed by atoms with E-state index in [0.717, 1.165) is 5.56 Å². The van der Waals surface area contributed by atoms with Crippen LogP contribution in [-0.4, -0.2) is 12.5 Å². The molecule has 0 N–H and O–H groups in total. The number of halogens is 1. The number of hydrogen-bond donors (Lipinski definition) is 0. The molecule has 0 saturated heterocycles. The molecule has 0 amide bonds. The molecule has 0 spiro atoms. The standard InChI is InChI=1S/C15H15FS2/c1-10-6-4-5-7-12(10)11-8-13(17-2)15(16)14(9-11)18-3/h4-9H,1-3H3. The zero-order chi connectivity index (χ0) is 13.1. The Kier molecular flexibility index (Phi) is 4.36. The topological polar surface area (TPSA) is 0 Å². The molecule has 0 fully saturated rings. The number of rotatable bonds is 3. The van der Waals surface area contributed by atoms with Crippen molar-refractivity contribution in [2.24, 2.45) is 0 Å². The quantitative estimate of drug-likeness (QED) is 0.704. The average molecular weight is 278 g/mol. The molecule has 2 aromatic carbocycles. The fraction of sp³-hybridized carbons (Fsp3) is 0.200. The third-order valence-electron chi connectivity index (χ3n) is 2.90. The molecule has 0 unspecified atom stereocenters. The molecule has 0 atom stereocenters. The maximum absolute atomic E-state index is 14.0. The minimum atomic E-state index is -0.104. The minimum Gasteiger partial charge on any atom is -0.205 e. The van der Waals surface area contributed by atoms with E-state index in [2.05, 4.69) is 19.1 Å². The summed E-state index contributed by atoms with van der Waals surface area (Å²) in [5.41, 5.74) is 3.47. The van der Waals surface area contributed by atoms with E-state index < -0.39 is 0 Å². The third kappa shape index (κ3) is 2.57. The van der Waals surface area contributed by atoms with E-state index in [0.29, 0.717) is 9.79 Å². The van der Waals surface area contributed by atoms with Crippen LogP contribution in [0.5, 0.6) is 0 Å². The van der Waals surface area contributed by atoms with Crippen molar-refractivity contribution in [3.8, 4) is 11.1 Å². The Morgan fingerprint density at radius 2 is 1.50 bits per heavy atom. The van der Waals surface area contributed by atoms with Gasteiger partial charge in [-0.25, -0.2) is 4.39 Å². The molecule has 0 aromatic heterocycles. The van der Waals surface area contributed by atoms with Gasteiger partial charge in [0, 0.05) is 9.79 Å². The van der Waals surface area contributed by atoms with E-state index in [1.807, 2.05) is 36.8 Å². The lowest BCUT2D eigenvalue weighted by molar-refractivity contribution is 0.576. The summed E-state index contributed by atoms with van der Waals surface area (Å²) in [6, 6.07) is 12.1. The normalized spacial score (nSPS) is 10.7. The largest absolute Gasteiger partial charge is 0.205 e. The van der Waals surface area contributed by atoms with Gasteiger partial charge in [-0.3, -0.25) is 0 Å². The first kappa shape index (κ1) is 13.5. The van der Waals surface area contributed by atoms with Crippen LogP contribution < -0.4 is 0 Å². The molecule has 18 heavy (non-hydrogen) atoms. The monoisotopic (exact) mass is 278 g/mol. The van der Waals surface area contributed by atoms with Crippen LogP contribution in [0.3, 0.4) is 0 Å². The van der Waals surface area contributed by atoms with E-state index in [4.69, 9.17) is 0 Å². The molecule has 0 aliphatic rings. The molecule has 0 saturated carbocycles. The van der Waals surface area contributed by atoms with Crippen LogP contribution in [0.2, 0.25) is 0 Å². The van der Waals surface area contributed by atoms with E-state index in [9.17, 15) is 4.39 Å². The second-order valence-electron chi connectivity index (χ2n) is 4.01. The van der Waals surface area contributed by atoms with Gasteiger partial charge < -0.3 is 0 Å². The Morgan fingerprint density at radius 3 is 2.00 bits per heavy atom. The highest BCUT2D eigenvalue weighted by molar-refractivity contribution is 7.99. The van der Waals surface area contributed by atoms with Gasteiger partial charge >= 0.3 is 0 Å². The van der Waals surface area contributed by atoms with Crippen LogP contribution in [0.25, 0.3) is 11.1 Å². The zero-order valence-electron chi connectivity index (χ0n) is 10.7. The Balaban J connectivity index is 2.62. The zero-order valence-corrected chi connectivity index (χ0v) is 12.3. The van der Waals surface area contributed by atoms with Gasteiger partial charge in [0.15, 0.2) is 0 Å². The molecule has 0 nitrogen and oxygen atoms in total. The fourth-order valence-electron chi connectivity index (χ4n) is 1.92. The average Bonchev–Trinajstić information content (AvgIpc) is 2.40. The van der Waals surface area contributed by atoms with Crippen molar-refractivity contribution in [2.75, 3.05) is 12.5 Å². The molecular formula is C15H15FS2. The first-order chi connectivity index (χ1) is 8.67. The number of benzene rings is 2. The number of aryl methyl sites for hydroxylation is 1. The van der Waals surface area contributed by atoms with E-state index in [1.54, 1.807) is 0 Å². The molecule has 2 rings (SSSR count). The maximum atomic E-state index is 14.0. The predicted molar refractivity (Wildman–Crippen MR) is 80.1 cm³/mol. The van der Waals surface area contributed by atoms with Gasteiger partial charge in [-0.2, -0.15) is 0 Å². The summed E-state index contributed by atoms with van der Waals surface area (Å²) in [7, 11) is 0. The van der Waals surface area contributed by atoms with Gasteiger partial charge in [0.1, 0.15) is 5.82 Å². The van der Waals surface area contributed by atoms with Crippen molar-refractivity contribution in [1.29, 1.82) is 0 Å². The molecule has 2 aromatic rings. The van der Waals surface area contributed by atoms with Crippen molar-refractivity contribution in [3.05, 3.63) is 47.8 Å². The summed E-state index contributed by atoms with van der Waals surface area (Å²) in [6.45, 7) is 2.08. The van der Waals surface area contributed by atoms with Gasteiger partial charge in [0.2, 0.25) is 0 Å². The molecule has 0 radical (unpaired) electrons. The smallest absolute Gasteiger partial charge is 0.150 e. The molecule has 0 aliphatic carbocycles. The third-order valence-corrected chi connectivity index (χ3v) is 4.38. The summed E-state index contributed by atoms with van der Waals surface area (Å²) in [5, 5.41) is 0. The highest BCUT2D eigenvalue weighted by atomic mass is 32.2. The van der Waals surface area contributed by atoms with Crippen molar-refractivity contribution in [1.82, 2.24) is 0 Å². The van der Waals surface area contributed by atoms with Crippen molar-refractivity contribution >= 4 is 23.5 Å². The van der Waals surface area contributed by atoms with Gasteiger partial charge in [-0.1, -0.05) is 24.3 Å². The van der Waals surface area contributed by atoms with Crippen molar-refractivity contribution in [3.63, 3.8) is 0 Å². The minimum absolute atomic E-state index is 0.104. The highest BCUT2D eigenvalue weighted by Crippen LogP contribution is 2.34. The van der Waals surface area contributed by atoms with Crippen LogP contribution in [-0.2, 0) is 0 Å². The lowest BCUT2D eigenvalue weighted by Crippen LogP contribution is -1.89. The van der Waals surface area contributed by atoms with Crippen molar-refractivity contribution < 1.29 is 4.39 Å². The van der Waals surface area contributed by atoms with Crippen molar-refractivity contribution in [2.45, 2.75) is 16.7 Å². The lowest BCUT2D eigenvalue weighted by Gasteiger charge is -2.11. The van der Waals surface area contributed by atoms with Gasteiger partial charge in [0.05, 0.1) is 0 Å². The number of thioether (sulfide) groups is 2. The molecule has 0 aliphatic heterocycles. The Labute approximate surface area is 116 Å². The van der Waals surface area contributed by atoms with E-state index in [1.165, 1.54) is 34.7 Å². The Hall–Kier alpha value is -0.930. The van der Waals surface area contributed by atoms with Gasteiger partial charge in [-0.05, 0) is 48.3 Å². The lowest BCUT2D eigenvalue weighted by atomic mass is 10.0.